The number of non-ortho nitro benzene ring substituents is 1. The lowest BCUT2D eigenvalue weighted by Gasteiger charge is -2.02. The normalized spacial score (nSPS) is 11.4. The predicted molar refractivity (Wildman–Crippen MR) is 60.2 cm³/mol. The molecule has 16 heavy (non-hydrogen) atoms. The smallest absolute Gasteiger partial charge is 0.258 e. The molecule has 5 nitrogen and oxygen atoms in total. The maximum atomic E-state index is 10.9. The molecule has 7 heteroatoms. The number of nitro groups is 1. The first-order chi connectivity index (χ1) is 7.29. The van der Waals surface area contributed by atoms with Crippen LogP contribution in [-0.2, 0) is 9.84 Å². The van der Waals surface area contributed by atoms with Gasteiger partial charge >= 0.3 is 0 Å². The van der Waals surface area contributed by atoms with E-state index < -0.39 is 14.8 Å². The largest absolute Gasteiger partial charge is 0.270 e. The van der Waals surface area contributed by atoms with Crippen molar-refractivity contribution in [2.75, 3.05) is 12.0 Å². The van der Waals surface area contributed by atoms with E-state index in [9.17, 15) is 18.5 Å². The minimum absolute atomic E-state index is 0.109. The summed E-state index contributed by atoms with van der Waals surface area (Å²) in [6, 6.07) is 3.77. The van der Waals surface area contributed by atoms with Gasteiger partial charge in [0.2, 0.25) is 0 Å². The van der Waals surface area contributed by atoms with Crippen molar-refractivity contribution in [2.24, 2.45) is 0 Å². The fourth-order valence-corrected chi connectivity index (χ4v) is 1.63. The predicted octanol–water partition coefficient (Wildman–Crippen LogP) is 1.72. The highest BCUT2D eigenvalue weighted by Gasteiger charge is 2.11. The molecule has 1 aromatic rings. The minimum atomic E-state index is -3.17. The Morgan fingerprint density at radius 3 is 2.56 bits per heavy atom. The van der Waals surface area contributed by atoms with Gasteiger partial charge in [-0.15, -0.1) is 0 Å². The summed E-state index contributed by atoms with van der Waals surface area (Å²) >= 11 is 5.74. The molecule has 0 atom stereocenters. The van der Waals surface area contributed by atoms with Crippen molar-refractivity contribution in [3.63, 3.8) is 0 Å². The van der Waals surface area contributed by atoms with Crippen LogP contribution in [0.2, 0.25) is 5.02 Å². The van der Waals surface area contributed by atoms with E-state index in [4.69, 9.17) is 11.6 Å². The van der Waals surface area contributed by atoms with Gasteiger partial charge < -0.3 is 0 Å². The van der Waals surface area contributed by atoms with Gasteiger partial charge in [-0.05, 0) is 5.56 Å². The first-order valence-electron chi connectivity index (χ1n) is 4.15. The molecule has 0 N–H and O–H groups in total. The first-order valence-corrected chi connectivity index (χ1v) is 6.59. The van der Waals surface area contributed by atoms with Crippen LogP contribution in [0.4, 0.5) is 5.69 Å². The maximum absolute atomic E-state index is 10.9. The van der Waals surface area contributed by atoms with Crippen LogP contribution < -0.4 is 0 Å². The van der Waals surface area contributed by atoms with Gasteiger partial charge in [-0.25, -0.2) is 8.42 Å². The Bertz CT molecular complexity index is 512. The van der Waals surface area contributed by atoms with E-state index in [1.54, 1.807) is 0 Å². The Morgan fingerprint density at radius 1 is 1.50 bits per heavy atom. The Hall–Kier alpha value is -1.14. The number of halogens is 1. The van der Waals surface area contributed by atoms with E-state index in [-0.39, 0.29) is 16.5 Å². The van der Waals surface area contributed by atoms with Crippen molar-refractivity contribution in [2.45, 2.75) is 0 Å². The molecular weight excluding hydrogens is 254 g/mol. The van der Waals surface area contributed by atoms with Crippen LogP contribution in [0.1, 0.15) is 5.56 Å². The molecule has 0 aliphatic carbocycles. The third-order valence-corrected chi connectivity index (χ3v) is 2.67. The molecule has 0 fully saturated rings. The molecule has 0 aliphatic heterocycles. The van der Waals surface area contributed by atoms with E-state index in [1.165, 1.54) is 12.1 Å². The second kappa shape index (κ2) is 4.80. The number of nitrogens with zero attached hydrogens (tertiary/aromatic N) is 1. The van der Waals surface area contributed by atoms with Crippen LogP contribution >= 0.6 is 11.6 Å². The third-order valence-electron chi connectivity index (χ3n) is 1.69. The number of benzene rings is 1. The van der Waals surface area contributed by atoms with Gasteiger partial charge in [0, 0.05) is 24.8 Å². The van der Waals surface area contributed by atoms with Crippen LogP contribution in [0, 0.1) is 16.5 Å². The number of hydrogen-bond acceptors (Lipinski definition) is 4. The molecular formula is C9H8ClNO4S. The summed E-state index contributed by atoms with van der Waals surface area (Å²) in [4.78, 5) is 9.84. The van der Waals surface area contributed by atoms with Gasteiger partial charge in [0.05, 0.1) is 15.7 Å². The summed E-state index contributed by atoms with van der Waals surface area (Å²) in [5, 5.41) is 10.5. The molecule has 0 amide bonds. The van der Waals surface area contributed by atoms with Crippen molar-refractivity contribution >= 4 is 27.1 Å². The van der Waals surface area contributed by atoms with Crippen molar-refractivity contribution < 1.29 is 13.3 Å². The minimum Gasteiger partial charge on any atom is -0.258 e. The van der Waals surface area contributed by atoms with Crippen LogP contribution in [0.15, 0.2) is 18.2 Å². The molecule has 0 heterocycles. The summed E-state index contributed by atoms with van der Waals surface area (Å²) < 4.78 is 21.8. The molecule has 1 rings (SSSR count). The van der Waals surface area contributed by atoms with E-state index in [0.717, 1.165) is 12.3 Å². The summed E-state index contributed by atoms with van der Waals surface area (Å²) in [7, 11) is -3.17. The van der Waals surface area contributed by atoms with Gasteiger partial charge in [-0.2, -0.15) is 0 Å². The molecule has 0 saturated heterocycles. The van der Waals surface area contributed by atoms with Gasteiger partial charge in [0.15, 0.2) is 0 Å². The van der Waals surface area contributed by atoms with Gasteiger partial charge in [-0.1, -0.05) is 17.7 Å². The molecule has 1 aromatic carbocycles. The Kier molecular flexibility index (Phi) is 3.88. The third kappa shape index (κ3) is 3.79. The zero-order valence-corrected chi connectivity index (χ0v) is 9.88. The molecule has 0 spiro atoms. The Balaban J connectivity index is 2.88. The lowest BCUT2D eigenvalue weighted by atomic mass is 10.1. The molecule has 0 aliphatic rings. The van der Waals surface area contributed by atoms with E-state index in [0.29, 0.717) is 5.56 Å². The summed E-state index contributed by atoms with van der Waals surface area (Å²) in [5.74, 6) is -0.273. The molecule has 0 saturated carbocycles. The summed E-state index contributed by atoms with van der Waals surface area (Å²) in [6.45, 7) is 0. The highest BCUT2D eigenvalue weighted by atomic mass is 35.5. The summed E-state index contributed by atoms with van der Waals surface area (Å²) in [5.41, 5.74) is 0.201. The Labute approximate surface area is 98.1 Å². The maximum Gasteiger partial charge on any atom is 0.270 e. The lowest BCUT2D eigenvalue weighted by Crippen LogP contribution is -2.04. The van der Waals surface area contributed by atoms with Crippen molar-refractivity contribution in [3.05, 3.63) is 45.3 Å². The number of sulfone groups is 1. The van der Waals surface area contributed by atoms with Crippen molar-refractivity contribution in [1.82, 2.24) is 0 Å². The molecule has 0 unspecified atom stereocenters. The highest BCUT2D eigenvalue weighted by Crippen LogP contribution is 2.23. The van der Waals surface area contributed by atoms with Crippen LogP contribution in [0.25, 0.3) is 0 Å². The average molecular weight is 262 g/mol. The SMILES string of the molecule is CS(=O)(=O)C[C]c1ccc([N+](=O)[O-])cc1Cl. The lowest BCUT2D eigenvalue weighted by molar-refractivity contribution is -0.384. The van der Waals surface area contributed by atoms with Crippen LogP contribution in [-0.4, -0.2) is 25.3 Å². The van der Waals surface area contributed by atoms with Crippen molar-refractivity contribution in [3.8, 4) is 0 Å². The molecule has 0 bridgehead atoms. The van der Waals surface area contributed by atoms with Crippen LogP contribution in [0.5, 0.6) is 0 Å². The zero-order chi connectivity index (χ0) is 12.3. The second-order valence-electron chi connectivity index (χ2n) is 3.17. The fraction of sp³-hybridized carbons (Fsp3) is 0.222. The zero-order valence-electron chi connectivity index (χ0n) is 8.31. The van der Waals surface area contributed by atoms with Gasteiger partial charge in [0.25, 0.3) is 5.69 Å². The number of rotatable bonds is 4. The average Bonchev–Trinajstić information content (AvgIpc) is 2.14. The molecule has 2 radical (unpaired) electrons. The highest BCUT2D eigenvalue weighted by molar-refractivity contribution is 7.90. The van der Waals surface area contributed by atoms with E-state index in [2.05, 4.69) is 6.42 Å². The number of nitro benzene ring substituents is 1. The van der Waals surface area contributed by atoms with Gasteiger partial charge in [0.1, 0.15) is 9.84 Å². The number of hydrogen-bond donors (Lipinski definition) is 0. The molecule has 86 valence electrons. The Morgan fingerprint density at radius 2 is 2.12 bits per heavy atom. The van der Waals surface area contributed by atoms with Crippen molar-refractivity contribution in [1.29, 1.82) is 0 Å². The van der Waals surface area contributed by atoms with E-state index in [1.807, 2.05) is 0 Å². The fourth-order valence-electron chi connectivity index (χ4n) is 0.970. The second-order valence-corrected chi connectivity index (χ2v) is 5.72. The van der Waals surface area contributed by atoms with Crippen LogP contribution in [0.3, 0.4) is 0 Å². The van der Waals surface area contributed by atoms with E-state index >= 15 is 0 Å². The topological polar surface area (TPSA) is 77.3 Å². The quantitative estimate of drug-likeness (QED) is 0.611. The molecule has 0 aromatic heterocycles. The van der Waals surface area contributed by atoms with Gasteiger partial charge in [-0.3, -0.25) is 10.1 Å². The first kappa shape index (κ1) is 12.9. The monoisotopic (exact) mass is 261 g/mol. The summed E-state index contributed by atoms with van der Waals surface area (Å²) in [6.07, 6.45) is 3.65. The standard InChI is InChI=1S/C9H8ClNO4S/c1-16(14,15)5-4-7-2-3-8(11(12)13)6-9(7)10/h2-3,6H,5H2,1H3.